The standard InChI is InChI=1S/C29H30FN5O2/c1-19-17-31-18-26(19)29(37)34-23-8-11-28(27(30)16-23)33-22-4-2-20(3-5-22)32-21-6-9-24(10-7-21)35-14-12-25(36)13-15-35/h2-11,16-18,25,31-33,36H,12-15H2,1H3,(H,34,37). The number of benzene rings is 3. The average molecular weight is 500 g/mol. The third-order valence-electron chi connectivity index (χ3n) is 6.57. The van der Waals surface area contributed by atoms with E-state index in [2.05, 4.69) is 38.0 Å². The first kappa shape index (κ1) is 24.4. The van der Waals surface area contributed by atoms with E-state index in [0.717, 1.165) is 54.2 Å². The molecule has 1 aliphatic rings. The van der Waals surface area contributed by atoms with Crippen LogP contribution < -0.4 is 20.9 Å². The lowest BCUT2D eigenvalue weighted by Crippen LogP contribution is -2.35. The van der Waals surface area contributed by atoms with Crippen molar-refractivity contribution in [1.82, 2.24) is 4.98 Å². The summed E-state index contributed by atoms with van der Waals surface area (Å²) in [5.74, 6) is -0.753. The summed E-state index contributed by atoms with van der Waals surface area (Å²) in [5.41, 5.74) is 5.84. The highest BCUT2D eigenvalue weighted by molar-refractivity contribution is 6.05. The number of anilines is 6. The average Bonchev–Trinajstić information content (AvgIpc) is 3.34. The molecule has 0 spiro atoms. The molecule has 1 saturated heterocycles. The monoisotopic (exact) mass is 499 g/mol. The lowest BCUT2D eigenvalue weighted by atomic mass is 10.1. The second-order valence-corrected chi connectivity index (χ2v) is 9.29. The Morgan fingerprint density at radius 3 is 2.08 bits per heavy atom. The van der Waals surface area contributed by atoms with Crippen LogP contribution in [0.25, 0.3) is 0 Å². The van der Waals surface area contributed by atoms with Gasteiger partial charge in [-0.15, -0.1) is 0 Å². The van der Waals surface area contributed by atoms with Crippen LogP contribution in [0, 0.1) is 12.7 Å². The number of aliphatic hydroxyl groups is 1. The van der Waals surface area contributed by atoms with E-state index in [-0.39, 0.29) is 12.0 Å². The Morgan fingerprint density at radius 2 is 1.49 bits per heavy atom. The molecule has 1 amide bonds. The fourth-order valence-corrected chi connectivity index (χ4v) is 4.42. The first-order chi connectivity index (χ1) is 17.9. The lowest BCUT2D eigenvalue weighted by Gasteiger charge is -2.31. The summed E-state index contributed by atoms with van der Waals surface area (Å²) in [5, 5.41) is 18.9. The molecule has 0 saturated carbocycles. The highest BCUT2D eigenvalue weighted by atomic mass is 19.1. The third-order valence-corrected chi connectivity index (χ3v) is 6.57. The molecule has 1 aliphatic heterocycles. The van der Waals surface area contributed by atoms with E-state index >= 15 is 0 Å². The number of hydrogen-bond acceptors (Lipinski definition) is 5. The van der Waals surface area contributed by atoms with Crippen LogP contribution in [0.1, 0.15) is 28.8 Å². The van der Waals surface area contributed by atoms with E-state index in [1.165, 1.54) is 6.07 Å². The van der Waals surface area contributed by atoms with E-state index in [1.54, 1.807) is 24.5 Å². The number of aliphatic hydroxyl groups excluding tert-OH is 1. The predicted octanol–water partition coefficient (Wildman–Crippen LogP) is 6.16. The SMILES string of the molecule is Cc1c[nH]cc1C(=O)Nc1ccc(Nc2ccc(Nc3ccc(N4CCC(O)CC4)cc3)cc2)c(F)c1. The molecule has 0 aliphatic carbocycles. The van der Waals surface area contributed by atoms with Crippen molar-refractivity contribution in [3.05, 3.63) is 96.1 Å². The molecule has 1 fully saturated rings. The molecule has 7 nitrogen and oxygen atoms in total. The molecule has 0 atom stereocenters. The quantitative estimate of drug-likeness (QED) is 0.210. The Hall–Kier alpha value is -4.30. The normalized spacial score (nSPS) is 13.9. The summed E-state index contributed by atoms with van der Waals surface area (Å²) in [6.07, 6.45) is 4.78. The zero-order valence-electron chi connectivity index (χ0n) is 20.6. The number of nitrogens with zero attached hydrogens (tertiary/aromatic N) is 1. The molecule has 1 aromatic heterocycles. The van der Waals surface area contributed by atoms with Gasteiger partial charge in [0.05, 0.1) is 17.4 Å². The largest absolute Gasteiger partial charge is 0.393 e. The van der Waals surface area contributed by atoms with Gasteiger partial charge in [-0.05, 0) is 92.1 Å². The Balaban J connectivity index is 1.17. The zero-order chi connectivity index (χ0) is 25.8. The number of carbonyl (C=O) groups is 1. The third kappa shape index (κ3) is 5.92. The minimum atomic E-state index is -0.464. The molecule has 37 heavy (non-hydrogen) atoms. The second kappa shape index (κ2) is 10.8. The second-order valence-electron chi connectivity index (χ2n) is 9.29. The van der Waals surface area contributed by atoms with E-state index < -0.39 is 5.82 Å². The van der Waals surface area contributed by atoms with Gasteiger partial charge in [0.1, 0.15) is 5.82 Å². The van der Waals surface area contributed by atoms with Gasteiger partial charge in [0.25, 0.3) is 5.91 Å². The van der Waals surface area contributed by atoms with Crippen LogP contribution >= 0.6 is 0 Å². The van der Waals surface area contributed by atoms with E-state index in [4.69, 9.17) is 0 Å². The van der Waals surface area contributed by atoms with Gasteiger partial charge in [-0.1, -0.05) is 0 Å². The molecule has 0 radical (unpaired) electrons. The molecule has 8 heteroatoms. The maximum Gasteiger partial charge on any atom is 0.257 e. The van der Waals surface area contributed by atoms with Crippen LogP contribution in [0.2, 0.25) is 0 Å². The van der Waals surface area contributed by atoms with Gasteiger partial charge in [0.2, 0.25) is 0 Å². The molecule has 2 heterocycles. The van der Waals surface area contributed by atoms with Crippen LogP contribution in [0.4, 0.5) is 38.5 Å². The minimum absolute atomic E-state index is 0.183. The Bertz CT molecular complexity index is 1360. The molecule has 0 unspecified atom stereocenters. The smallest absolute Gasteiger partial charge is 0.257 e. The van der Waals surface area contributed by atoms with Gasteiger partial charge >= 0.3 is 0 Å². The van der Waals surface area contributed by atoms with Crippen LogP contribution in [0.5, 0.6) is 0 Å². The zero-order valence-corrected chi connectivity index (χ0v) is 20.6. The molecular weight excluding hydrogens is 469 g/mol. The van der Waals surface area contributed by atoms with Crippen molar-refractivity contribution in [2.24, 2.45) is 0 Å². The van der Waals surface area contributed by atoms with Crippen molar-refractivity contribution in [3.8, 4) is 0 Å². The van der Waals surface area contributed by atoms with Crippen molar-refractivity contribution < 1.29 is 14.3 Å². The molecular formula is C29H30FN5O2. The summed E-state index contributed by atoms with van der Waals surface area (Å²) in [6.45, 7) is 3.57. The van der Waals surface area contributed by atoms with E-state index in [1.807, 2.05) is 43.3 Å². The number of rotatable bonds is 7. The number of piperidine rings is 1. The van der Waals surface area contributed by atoms with Crippen molar-refractivity contribution in [1.29, 1.82) is 0 Å². The number of carbonyl (C=O) groups excluding carboxylic acids is 1. The molecule has 5 rings (SSSR count). The summed E-state index contributed by atoms with van der Waals surface area (Å²) in [4.78, 5) is 17.5. The van der Waals surface area contributed by atoms with Crippen LogP contribution in [-0.2, 0) is 0 Å². The first-order valence-electron chi connectivity index (χ1n) is 12.4. The number of aryl methyl sites for hydroxylation is 1. The van der Waals surface area contributed by atoms with Gasteiger partial charge < -0.3 is 30.9 Å². The summed E-state index contributed by atoms with van der Waals surface area (Å²) in [7, 11) is 0. The summed E-state index contributed by atoms with van der Waals surface area (Å²) < 4.78 is 14.7. The van der Waals surface area contributed by atoms with E-state index in [0.29, 0.717) is 16.9 Å². The summed E-state index contributed by atoms with van der Waals surface area (Å²) >= 11 is 0. The molecule has 190 valence electrons. The first-order valence-corrected chi connectivity index (χ1v) is 12.4. The Morgan fingerprint density at radius 1 is 0.892 bits per heavy atom. The number of hydrogen-bond donors (Lipinski definition) is 5. The van der Waals surface area contributed by atoms with Crippen LogP contribution in [0.15, 0.2) is 79.1 Å². The maximum absolute atomic E-state index is 14.7. The lowest BCUT2D eigenvalue weighted by molar-refractivity contribution is 0.102. The van der Waals surface area contributed by atoms with Crippen molar-refractivity contribution in [2.75, 3.05) is 33.9 Å². The number of aromatic nitrogens is 1. The number of aromatic amines is 1. The minimum Gasteiger partial charge on any atom is -0.393 e. The van der Waals surface area contributed by atoms with Crippen molar-refractivity contribution in [2.45, 2.75) is 25.9 Å². The van der Waals surface area contributed by atoms with Gasteiger partial charge in [-0.25, -0.2) is 4.39 Å². The molecule has 3 aromatic carbocycles. The van der Waals surface area contributed by atoms with Crippen molar-refractivity contribution >= 4 is 40.0 Å². The highest BCUT2D eigenvalue weighted by Crippen LogP contribution is 2.27. The number of amides is 1. The topological polar surface area (TPSA) is 92.4 Å². The van der Waals surface area contributed by atoms with E-state index in [9.17, 15) is 14.3 Å². The van der Waals surface area contributed by atoms with Gasteiger partial charge in [0.15, 0.2) is 0 Å². The van der Waals surface area contributed by atoms with Gasteiger partial charge in [-0.2, -0.15) is 0 Å². The highest BCUT2D eigenvalue weighted by Gasteiger charge is 2.17. The predicted molar refractivity (Wildman–Crippen MR) is 147 cm³/mol. The summed E-state index contributed by atoms with van der Waals surface area (Å²) in [6, 6.07) is 20.4. The Kier molecular flexibility index (Phi) is 7.09. The fraction of sp³-hybridized carbons (Fsp3) is 0.207. The van der Waals surface area contributed by atoms with Gasteiger partial charge in [-0.3, -0.25) is 4.79 Å². The van der Waals surface area contributed by atoms with Crippen LogP contribution in [0.3, 0.4) is 0 Å². The number of H-pyrrole nitrogens is 1. The van der Waals surface area contributed by atoms with Crippen molar-refractivity contribution in [3.63, 3.8) is 0 Å². The Labute approximate surface area is 215 Å². The number of halogens is 1. The van der Waals surface area contributed by atoms with Crippen LogP contribution in [-0.4, -0.2) is 35.2 Å². The molecule has 0 bridgehead atoms. The molecule has 5 N–H and O–H groups in total. The fourth-order valence-electron chi connectivity index (χ4n) is 4.42. The maximum atomic E-state index is 14.7. The number of nitrogens with one attached hydrogen (secondary N) is 4. The van der Waals surface area contributed by atoms with Gasteiger partial charge in [0, 0.05) is 53.9 Å². The molecule has 4 aromatic rings.